The summed E-state index contributed by atoms with van der Waals surface area (Å²) in [7, 11) is 0. The van der Waals surface area contributed by atoms with E-state index in [1.54, 1.807) is 0 Å². The second-order valence-electron chi connectivity index (χ2n) is 15.7. The Bertz CT molecular complexity index is 4070. The van der Waals surface area contributed by atoms with E-state index in [0.29, 0.717) is 0 Å². The molecular weight excluding hydrogens is 719 g/mol. The zero-order valence-electron chi connectivity index (χ0n) is 31.6. The van der Waals surface area contributed by atoms with Gasteiger partial charge in [0.15, 0.2) is 5.82 Å². The van der Waals surface area contributed by atoms with Gasteiger partial charge in [0.25, 0.3) is 0 Å². The van der Waals surface area contributed by atoms with Gasteiger partial charge >= 0.3 is 0 Å². The van der Waals surface area contributed by atoms with Crippen LogP contribution in [0.4, 0.5) is 0 Å². The van der Waals surface area contributed by atoms with E-state index >= 15 is 0 Å². The molecule has 272 valence electrons. The van der Waals surface area contributed by atoms with Crippen molar-refractivity contribution in [3.05, 3.63) is 188 Å². The average molecular weight is 750 g/mol. The van der Waals surface area contributed by atoms with Crippen LogP contribution in [-0.2, 0) is 0 Å². The minimum absolute atomic E-state index is 0.815. The van der Waals surface area contributed by atoms with Crippen molar-refractivity contribution < 1.29 is 0 Å². The van der Waals surface area contributed by atoms with Gasteiger partial charge in [-0.15, -0.1) is 0 Å². The van der Waals surface area contributed by atoms with Crippen LogP contribution in [0.25, 0.3) is 126 Å². The molecule has 0 unspecified atom stereocenters. The van der Waals surface area contributed by atoms with Crippen molar-refractivity contribution in [1.29, 1.82) is 0 Å². The number of nitrogens with zero attached hydrogens (tertiary/aromatic N) is 5. The summed E-state index contributed by atoms with van der Waals surface area (Å²) >= 11 is 0. The van der Waals surface area contributed by atoms with Crippen molar-refractivity contribution in [1.82, 2.24) is 23.5 Å². The van der Waals surface area contributed by atoms with E-state index in [2.05, 4.69) is 189 Å². The Morgan fingerprint density at radius 1 is 0.339 bits per heavy atom. The fourth-order valence-electron chi connectivity index (χ4n) is 10.3. The number of rotatable bonds is 3. The zero-order valence-corrected chi connectivity index (χ0v) is 31.6. The third-order valence-corrected chi connectivity index (χ3v) is 12.7. The highest BCUT2D eigenvalue weighted by Crippen LogP contribution is 2.47. The lowest BCUT2D eigenvalue weighted by Gasteiger charge is -2.15. The Kier molecular flexibility index (Phi) is 5.96. The van der Waals surface area contributed by atoms with Gasteiger partial charge in [-0.1, -0.05) is 127 Å². The molecule has 5 heterocycles. The molecule has 0 aliphatic carbocycles. The van der Waals surface area contributed by atoms with Crippen LogP contribution in [0.1, 0.15) is 0 Å². The summed E-state index contributed by atoms with van der Waals surface area (Å²) in [5, 5.41) is 12.5. The Labute approximate surface area is 336 Å². The van der Waals surface area contributed by atoms with Crippen LogP contribution in [0.5, 0.6) is 0 Å². The van der Waals surface area contributed by atoms with E-state index < -0.39 is 0 Å². The highest BCUT2D eigenvalue weighted by molar-refractivity contribution is 6.35. The topological polar surface area (TPSA) is 40.0 Å². The first kappa shape index (κ1) is 31.1. The van der Waals surface area contributed by atoms with Crippen LogP contribution in [0, 0.1) is 0 Å². The first-order valence-electron chi connectivity index (χ1n) is 20.2. The predicted molar refractivity (Wildman–Crippen MR) is 246 cm³/mol. The molecule has 0 aliphatic heterocycles. The zero-order chi connectivity index (χ0) is 38.3. The van der Waals surface area contributed by atoms with Gasteiger partial charge in [0.1, 0.15) is 5.69 Å². The summed E-state index contributed by atoms with van der Waals surface area (Å²) < 4.78 is 7.23. The van der Waals surface area contributed by atoms with E-state index in [4.69, 9.17) is 9.97 Å². The third kappa shape index (κ3) is 4.03. The van der Waals surface area contributed by atoms with Gasteiger partial charge in [0.2, 0.25) is 0 Å². The lowest BCUT2D eigenvalue weighted by molar-refractivity contribution is 1.08. The normalized spacial score (nSPS) is 12.4. The largest absolute Gasteiger partial charge is 0.309 e. The first-order chi connectivity index (χ1) is 29.3. The SMILES string of the molecule is c1ccc2c(c1)ccc1c2c2ccccc2n1-c1nc2ccccc2nc1-c1ccc(-n2c3ccccc3c3c4c5ccccc5n5c6ccccc6c(cc32)c45)cc1. The molecule has 0 spiro atoms. The highest BCUT2D eigenvalue weighted by Gasteiger charge is 2.25. The van der Waals surface area contributed by atoms with E-state index in [0.717, 1.165) is 44.8 Å². The maximum absolute atomic E-state index is 5.41. The van der Waals surface area contributed by atoms with Crippen molar-refractivity contribution in [2.45, 2.75) is 0 Å². The fourth-order valence-corrected chi connectivity index (χ4v) is 10.3. The maximum Gasteiger partial charge on any atom is 0.165 e. The molecule has 0 N–H and O–H groups in total. The highest BCUT2D eigenvalue weighted by atomic mass is 15.1. The van der Waals surface area contributed by atoms with Gasteiger partial charge in [0, 0.05) is 54.3 Å². The molecule has 0 aliphatic rings. The summed E-state index contributed by atoms with van der Waals surface area (Å²) in [4.78, 5) is 10.8. The summed E-state index contributed by atoms with van der Waals surface area (Å²) in [5.74, 6) is 0.815. The lowest BCUT2D eigenvalue weighted by Crippen LogP contribution is -2.04. The van der Waals surface area contributed by atoms with Gasteiger partial charge in [-0.3, -0.25) is 4.57 Å². The third-order valence-electron chi connectivity index (χ3n) is 12.7. The van der Waals surface area contributed by atoms with Crippen molar-refractivity contribution in [2.75, 3.05) is 0 Å². The molecule has 0 saturated heterocycles. The second kappa shape index (κ2) is 11.3. The molecule has 5 nitrogen and oxygen atoms in total. The van der Waals surface area contributed by atoms with E-state index in [1.807, 2.05) is 12.1 Å². The van der Waals surface area contributed by atoms with Gasteiger partial charge in [-0.05, 0) is 71.4 Å². The summed E-state index contributed by atoms with van der Waals surface area (Å²) in [6.45, 7) is 0. The quantitative estimate of drug-likeness (QED) is 0.180. The molecule has 5 aromatic heterocycles. The monoisotopic (exact) mass is 749 g/mol. The van der Waals surface area contributed by atoms with Gasteiger partial charge in [-0.25, -0.2) is 9.97 Å². The van der Waals surface area contributed by atoms with Gasteiger partial charge in [0.05, 0.1) is 49.7 Å². The number of para-hydroxylation sites is 6. The van der Waals surface area contributed by atoms with Gasteiger partial charge in [-0.2, -0.15) is 0 Å². The Morgan fingerprint density at radius 3 is 1.64 bits per heavy atom. The number of hydrogen-bond acceptors (Lipinski definition) is 2. The Balaban J connectivity index is 1.04. The van der Waals surface area contributed by atoms with Crippen LogP contribution in [0.3, 0.4) is 0 Å². The smallest absolute Gasteiger partial charge is 0.165 e. The number of aromatic nitrogens is 5. The number of benzene rings is 9. The van der Waals surface area contributed by atoms with E-state index in [1.165, 1.54) is 81.4 Å². The Hall–Kier alpha value is -8.02. The molecule has 14 aromatic rings. The number of fused-ring (bicyclic) bond motifs is 16. The predicted octanol–water partition coefficient (Wildman–Crippen LogP) is 13.8. The van der Waals surface area contributed by atoms with Crippen molar-refractivity contribution >= 4 is 104 Å². The average Bonchev–Trinajstić information content (AvgIpc) is 4.03. The van der Waals surface area contributed by atoms with Crippen LogP contribution in [0.2, 0.25) is 0 Å². The van der Waals surface area contributed by atoms with E-state index in [-0.39, 0.29) is 0 Å². The van der Waals surface area contributed by atoms with Crippen molar-refractivity contribution in [2.24, 2.45) is 0 Å². The molecule has 59 heavy (non-hydrogen) atoms. The molecule has 14 rings (SSSR count). The maximum atomic E-state index is 5.41. The molecule has 0 radical (unpaired) electrons. The fraction of sp³-hybridized carbons (Fsp3) is 0. The minimum Gasteiger partial charge on any atom is -0.309 e. The summed E-state index contributed by atoms with van der Waals surface area (Å²) in [6, 6.07) is 67.9. The second-order valence-corrected chi connectivity index (χ2v) is 15.7. The molecule has 5 heteroatoms. The van der Waals surface area contributed by atoms with Crippen LogP contribution in [0.15, 0.2) is 188 Å². The van der Waals surface area contributed by atoms with E-state index in [9.17, 15) is 0 Å². The summed E-state index contributed by atoms with van der Waals surface area (Å²) in [6.07, 6.45) is 0. The van der Waals surface area contributed by atoms with Crippen molar-refractivity contribution in [3.63, 3.8) is 0 Å². The number of hydrogen-bond donors (Lipinski definition) is 0. The molecule has 0 saturated carbocycles. The lowest BCUT2D eigenvalue weighted by atomic mass is 10.0. The molecule has 0 bridgehead atoms. The molecule has 0 atom stereocenters. The van der Waals surface area contributed by atoms with Crippen LogP contribution in [-0.4, -0.2) is 23.5 Å². The van der Waals surface area contributed by atoms with Crippen LogP contribution >= 0.6 is 0 Å². The minimum atomic E-state index is 0.815. The molecule has 0 fully saturated rings. The molecule has 9 aromatic carbocycles. The molecular formula is C54H31N5. The summed E-state index contributed by atoms with van der Waals surface area (Å²) in [5.41, 5.74) is 13.0. The standard InChI is InChI=1S/C54H31N5/c1-2-14-35-32(13-1)27-30-47-49(35)37-16-4-12-24-46(37)59(47)54-52(55-41-19-7-8-20-42(41)56-54)33-25-28-34(29-26-33)57-44-22-10-5-17-38(44)50-48(57)31-40-36-15-3-9-21-43(36)58-45-23-11-6-18-39(45)51(50)53(40)58/h1-31H. The van der Waals surface area contributed by atoms with Crippen molar-refractivity contribution in [3.8, 4) is 22.8 Å². The van der Waals surface area contributed by atoms with Gasteiger partial charge < -0.3 is 8.97 Å². The Morgan fingerprint density at radius 2 is 0.898 bits per heavy atom. The molecule has 0 amide bonds. The first-order valence-corrected chi connectivity index (χ1v) is 20.2. The van der Waals surface area contributed by atoms with Crippen LogP contribution < -0.4 is 0 Å².